The molecule has 0 amide bonds. The lowest BCUT2D eigenvalue weighted by Gasteiger charge is -2.18. The standard InChI is InChI=1S/C12H15NO4/c13-8-2-4-10(12(8)14)17-7-1-3-9-11(5-7)16-6-15-9/h1,3,5,8,10,12,14H,2,4,6,13H2. The van der Waals surface area contributed by atoms with Crippen LogP contribution in [0.3, 0.4) is 0 Å². The Balaban J connectivity index is 1.73. The lowest BCUT2D eigenvalue weighted by atomic mass is 10.2. The van der Waals surface area contributed by atoms with Gasteiger partial charge in [0.2, 0.25) is 6.79 Å². The number of rotatable bonds is 2. The van der Waals surface area contributed by atoms with Crippen LogP contribution in [0.15, 0.2) is 18.2 Å². The van der Waals surface area contributed by atoms with E-state index in [0.717, 1.165) is 18.6 Å². The van der Waals surface area contributed by atoms with E-state index in [4.69, 9.17) is 19.9 Å². The first-order valence-corrected chi connectivity index (χ1v) is 5.74. The molecule has 3 N–H and O–H groups in total. The van der Waals surface area contributed by atoms with Crippen molar-refractivity contribution < 1.29 is 19.3 Å². The summed E-state index contributed by atoms with van der Waals surface area (Å²) in [5.74, 6) is 2.08. The third-order valence-electron chi connectivity index (χ3n) is 3.24. The molecule has 3 atom stereocenters. The minimum absolute atomic E-state index is 0.186. The number of benzene rings is 1. The minimum Gasteiger partial charge on any atom is -0.488 e. The first-order valence-electron chi connectivity index (χ1n) is 5.74. The van der Waals surface area contributed by atoms with Crippen molar-refractivity contribution in [3.05, 3.63) is 18.2 Å². The topological polar surface area (TPSA) is 73.9 Å². The summed E-state index contributed by atoms with van der Waals surface area (Å²) in [6.45, 7) is 0.246. The Hall–Kier alpha value is -1.46. The van der Waals surface area contributed by atoms with Gasteiger partial charge in [-0.2, -0.15) is 0 Å². The monoisotopic (exact) mass is 237 g/mol. The Morgan fingerprint density at radius 2 is 2.06 bits per heavy atom. The quantitative estimate of drug-likeness (QED) is 0.789. The molecule has 1 aromatic rings. The largest absolute Gasteiger partial charge is 0.488 e. The molecule has 2 aliphatic rings. The summed E-state index contributed by atoms with van der Waals surface area (Å²) in [5.41, 5.74) is 5.74. The predicted octanol–water partition coefficient (Wildman–Crippen LogP) is 0.645. The van der Waals surface area contributed by atoms with Crippen molar-refractivity contribution in [1.82, 2.24) is 0 Å². The van der Waals surface area contributed by atoms with Crippen LogP contribution in [-0.2, 0) is 0 Å². The summed E-state index contributed by atoms with van der Waals surface area (Å²) in [5, 5.41) is 9.81. The SMILES string of the molecule is NC1CCC(Oc2ccc3c(c2)OCO3)C1O. The zero-order valence-corrected chi connectivity index (χ0v) is 9.33. The molecule has 92 valence electrons. The van der Waals surface area contributed by atoms with E-state index in [0.29, 0.717) is 11.5 Å². The van der Waals surface area contributed by atoms with Gasteiger partial charge in [0.05, 0.1) is 0 Å². The van der Waals surface area contributed by atoms with Crippen molar-refractivity contribution >= 4 is 0 Å². The van der Waals surface area contributed by atoms with Gasteiger partial charge in [0.15, 0.2) is 11.5 Å². The van der Waals surface area contributed by atoms with Crippen molar-refractivity contribution in [2.75, 3.05) is 6.79 Å². The van der Waals surface area contributed by atoms with E-state index < -0.39 is 6.10 Å². The molecule has 5 nitrogen and oxygen atoms in total. The zero-order chi connectivity index (χ0) is 11.8. The lowest BCUT2D eigenvalue weighted by Crippen LogP contribution is -2.37. The molecule has 1 fully saturated rings. The summed E-state index contributed by atoms with van der Waals surface area (Å²) in [6.07, 6.45) is 0.735. The average molecular weight is 237 g/mol. The summed E-state index contributed by atoms with van der Waals surface area (Å²) in [6, 6.07) is 5.20. The van der Waals surface area contributed by atoms with E-state index in [1.165, 1.54) is 0 Å². The normalized spacial score (nSPS) is 30.6. The molecule has 0 saturated heterocycles. The molecule has 0 spiro atoms. The molecule has 0 radical (unpaired) electrons. The van der Waals surface area contributed by atoms with Gasteiger partial charge in [0.1, 0.15) is 18.0 Å². The zero-order valence-electron chi connectivity index (χ0n) is 9.33. The van der Waals surface area contributed by atoms with Crippen LogP contribution < -0.4 is 19.9 Å². The summed E-state index contributed by atoms with van der Waals surface area (Å²) in [4.78, 5) is 0. The van der Waals surface area contributed by atoms with Gasteiger partial charge in [-0.25, -0.2) is 0 Å². The van der Waals surface area contributed by atoms with E-state index in [9.17, 15) is 5.11 Å². The first kappa shape index (κ1) is 10.7. The molecule has 1 saturated carbocycles. The number of aliphatic hydroxyl groups is 1. The fraction of sp³-hybridized carbons (Fsp3) is 0.500. The molecule has 1 heterocycles. The van der Waals surface area contributed by atoms with Crippen molar-refractivity contribution in [3.8, 4) is 17.2 Å². The van der Waals surface area contributed by atoms with E-state index in [-0.39, 0.29) is 18.9 Å². The van der Waals surface area contributed by atoms with Crippen LogP contribution >= 0.6 is 0 Å². The Labute approximate surface area is 99.1 Å². The molecular weight excluding hydrogens is 222 g/mol. The molecule has 3 rings (SSSR count). The van der Waals surface area contributed by atoms with E-state index >= 15 is 0 Å². The lowest BCUT2D eigenvalue weighted by molar-refractivity contribution is 0.0520. The van der Waals surface area contributed by atoms with E-state index in [2.05, 4.69) is 0 Å². The molecule has 0 bridgehead atoms. The predicted molar refractivity (Wildman–Crippen MR) is 60.2 cm³/mol. The highest BCUT2D eigenvalue weighted by atomic mass is 16.7. The van der Waals surface area contributed by atoms with Crippen LogP contribution in [0.25, 0.3) is 0 Å². The van der Waals surface area contributed by atoms with Gasteiger partial charge >= 0.3 is 0 Å². The maximum atomic E-state index is 9.81. The molecule has 3 unspecified atom stereocenters. The maximum absolute atomic E-state index is 9.81. The Kier molecular flexibility index (Phi) is 2.57. The number of nitrogens with two attached hydrogens (primary N) is 1. The van der Waals surface area contributed by atoms with Gasteiger partial charge in [-0.1, -0.05) is 0 Å². The van der Waals surface area contributed by atoms with Gasteiger partial charge in [-0.15, -0.1) is 0 Å². The van der Waals surface area contributed by atoms with Gasteiger partial charge in [0.25, 0.3) is 0 Å². The fourth-order valence-corrected chi connectivity index (χ4v) is 2.23. The van der Waals surface area contributed by atoms with Gasteiger partial charge < -0.3 is 25.1 Å². The number of ether oxygens (including phenoxy) is 3. The second kappa shape index (κ2) is 4.09. The number of hydrogen-bond acceptors (Lipinski definition) is 5. The van der Waals surface area contributed by atoms with Crippen LogP contribution in [0.5, 0.6) is 17.2 Å². The van der Waals surface area contributed by atoms with Crippen LogP contribution in [-0.4, -0.2) is 30.1 Å². The van der Waals surface area contributed by atoms with E-state index in [1.807, 2.05) is 6.07 Å². The summed E-state index contributed by atoms with van der Waals surface area (Å²) >= 11 is 0. The summed E-state index contributed by atoms with van der Waals surface area (Å²) < 4.78 is 16.2. The van der Waals surface area contributed by atoms with Crippen molar-refractivity contribution in [2.45, 2.75) is 31.1 Å². The highest BCUT2D eigenvalue weighted by molar-refractivity contribution is 5.46. The van der Waals surface area contributed by atoms with Gasteiger partial charge in [0, 0.05) is 12.1 Å². The molecule has 1 aliphatic carbocycles. The molecule has 5 heteroatoms. The van der Waals surface area contributed by atoms with Crippen molar-refractivity contribution in [1.29, 1.82) is 0 Å². The molecule has 0 aromatic heterocycles. The Bertz CT molecular complexity index is 423. The highest BCUT2D eigenvalue weighted by Crippen LogP contribution is 2.36. The highest BCUT2D eigenvalue weighted by Gasteiger charge is 2.34. The summed E-state index contributed by atoms with van der Waals surface area (Å²) in [7, 11) is 0. The molecule has 1 aliphatic heterocycles. The van der Waals surface area contributed by atoms with Crippen molar-refractivity contribution in [2.24, 2.45) is 5.73 Å². The minimum atomic E-state index is -0.597. The third-order valence-corrected chi connectivity index (χ3v) is 3.24. The van der Waals surface area contributed by atoms with Crippen LogP contribution in [0.4, 0.5) is 0 Å². The maximum Gasteiger partial charge on any atom is 0.231 e. The van der Waals surface area contributed by atoms with Crippen LogP contribution in [0, 0.1) is 0 Å². The first-order chi connectivity index (χ1) is 8.24. The second-order valence-corrected chi connectivity index (χ2v) is 4.40. The van der Waals surface area contributed by atoms with Gasteiger partial charge in [-0.05, 0) is 25.0 Å². The smallest absolute Gasteiger partial charge is 0.231 e. The average Bonchev–Trinajstić information content (AvgIpc) is 2.90. The molecule has 17 heavy (non-hydrogen) atoms. The molecular formula is C12H15NO4. The fourth-order valence-electron chi connectivity index (χ4n) is 2.23. The third kappa shape index (κ3) is 1.92. The van der Waals surface area contributed by atoms with Gasteiger partial charge in [-0.3, -0.25) is 0 Å². The Morgan fingerprint density at radius 3 is 2.82 bits per heavy atom. The van der Waals surface area contributed by atoms with Crippen LogP contribution in [0.1, 0.15) is 12.8 Å². The Morgan fingerprint density at radius 1 is 1.24 bits per heavy atom. The number of fused-ring (bicyclic) bond motifs is 1. The number of aliphatic hydroxyl groups excluding tert-OH is 1. The molecule has 1 aromatic carbocycles. The van der Waals surface area contributed by atoms with Crippen LogP contribution in [0.2, 0.25) is 0 Å². The second-order valence-electron chi connectivity index (χ2n) is 4.40. The van der Waals surface area contributed by atoms with Crippen molar-refractivity contribution in [3.63, 3.8) is 0 Å². The number of hydrogen-bond donors (Lipinski definition) is 2. The van der Waals surface area contributed by atoms with E-state index in [1.54, 1.807) is 12.1 Å².